The summed E-state index contributed by atoms with van der Waals surface area (Å²) in [6, 6.07) is 10.4. The molecule has 4 bridgehead atoms. The van der Waals surface area contributed by atoms with Crippen molar-refractivity contribution in [2.24, 2.45) is 39.2 Å². The molecule has 1 aromatic carbocycles. The summed E-state index contributed by atoms with van der Waals surface area (Å²) in [7, 11) is 0. The lowest BCUT2D eigenvalue weighted by molar-refractivity contribution is -0.0102. The van der Waals surface area contributed by atoms with E-state index in [9.17, 15) is 0 Å². The van der Waals surface area contributed by atoms with E-state index in [2.05, 4.69) is 34.6 Å². The third-order valence-electron chi connectivity index (χ3n) is 6.16. The summed E-state index contributed by atoms with van der Waals surface area (Å²) in [4.78, 5) is 8.99. The molecule has 142 valence electrons. The molecule has 0 amide bonds. The molecule has 26 heavy (non-hydrogen) atoms. The van der Waals surface area contributed by atoms with Crippen LogP contribution in [0.4, 0.5) is 0 Å². The first kappa shape index (κ1) is 19.0. The molecule has 4 aliphatic rings. The number of hydrogen-bond acceptors (Lipinski definition) is 1. The van der Waals surface area contributed by atoms with Gasteiger partial charge in [0.15, 0.2) is 5.96 Å². The van der Waals surface area contributed by atoms with Crippen LogP contribution in [0.25, 0.3) is 0 Å². The maximum absolute atomic E-state index is 5.65. The summed E-state index contributed by atoms with van der Waals surface area (Å²) in [6.45, 7) is 0.690. The number of aliphatic imine (C=N–C) groups is 2. The van der Waals surface area contributed by atoms with Crippen molar-refractivity contribution in [3.63, 3.8) is 0 Å². The van der Waals surface area contributed by atoms with Gasteiger partial charge in [0.05, 0.1) is 0 Å². The van der Waals surface area contributed by atoms with Gasteiger partial charge >= 0.3 is 0 Å². The number of hydrogen-bond donors (Lipinski definition) is 3. The van der Waals surface area contributed by atoms with E-state index in [1.165, 1.54) is 44.1 Å². The van der Waals surface area contributed by atoms with Crippen LogP contribution in [-0.2, 0) is 6.42 Å². The molecule has 5 N–H and O–H groups in total. The summed E-state index contributed by atoms with van der Waals surface area (Å²) < 4.78 is 0. The van der Waals surface area contributed by atoms with Crippen LogP contribution in [0.3, 0.4) is 0 Å². The molecule has 0 unspecified atom stereocenters. The van der Waals surface area contributed by atoms with Gasteiger partial charge in [-0.25, -0.2) is 0 Å². The topological polar surface area (TPSA) is 88.8 Å². The predicted octanol–water partition coefficient (Wildman–Crippen LogP) is 2.84. The quantitative estimate of drug-likeness (QED) is 0.558. The molecule has 1 aromatic rings. The molecule has 4 saturated carbocycles. The molecule has 0 radical (unpaired) electrons. The summed E-state index contributed by atoms with van der Waals surface area (Å²) in [6.07, 6.45) is 8.90. The molecule has 0 heterocycles. The lowest BCUT2D eigenvalue weighted by atomic mass is 9.53. The highest BCUT2D eigenvalue weighted by atomic mass is 35.5. The lowest BCUT2D eigenvalue weighted by Crippen LogP contribution is -2.59. The van der Waals surface area contributed by atoms with Crippen molar-refractivity contribution in [3.8, 4) is 0 Å². The van der Waals surface area contributed by atoms with Crippen molar-refractivity contribution >= 4 is 24.3 Å². The molecule has 5 nitrogen and oxygen atoms in total. The van der Waals surface area contributed by atoms with Gasteiger partial charge in [-0.15, -0.1) is 12.4 Å². The highest BCUT2D eigenvalue weighted by Crippen LogP contribution is 2.55. The van der Waals surface area contributed by atoms with Crippen molar-refractivity contribution < 1.29 is 0 Å². The van der Waals surface area contributed by atoms with Crippen LogP contribution in [-0.4, -0.2) is 24.0 Å². The third kappa shape index (κ3) is 4.32. The van der Waals surface area contributed by atoms with Crippen LogP contribution in [0.15, 0.2) is 40.3 Å². The van der Waals surface area contributed by atoms with Crippen LogP contribution in [0.1, 0.15) is 44.1 Å². The zero-order valence-electron chi connectivity index (χ0n) is 15.2. The normalized spacial score (nSPS) is 32.0. The second-order valence-corrected chi connectivity index (χ2v) is 8.30. The van der Waals surface area contributed by atoms with Gasteiger partial charge in [0, 0.05) is 12.1 Å². The molecule has 4 fully saturated rings. The number of rotatable bonds is 4. The summed E-state index contributed by atoms with van der Waals surface area (Å²) in [5.74, 6) is 3.34. The first-order valence-corrected chi connectivity index (χ1v) is 9.56. The van der Waals surface area contributed by atoms with Crippen molar-refractivity contribution in [1.29, 1.82) is 0 Å². The van der Waals surface area contributed by atoms with Gasteiger partial charge in [-0.3, -0.25) is 4.99 Å². The Kier molecular flexibility index (Phi) is 5.76. The van der Waals surface area contributed by atoms with Crippen LogP contribution < -0.4 is 16.8 Å². The average molecular weight is 376 g/mol. The minimum Gasteiger partial charge on any atom is -0.370 e. The molecule has 0 spiro atoms. The van der Waals surface area contributed by atoms with Gasteiger partial charge < -0.3 is 16.8 Å². The Balaban J connectivity index is 0.00000196. The fourth-order valence-electron chi connectivity index (χ4n) is 5.66. The predicted molar refractivity (Wildman–Crippen MR) is 110 cm³/mol. The van der Waals surface area contributed by atoms with E-state index in [4.69, 9.17) is 16.5 Å². The fourth-order valence-corrected chi connectivity index (χ4v) is 5.66. The average Bonchev–Trinajstić information content (AvgIpc) is 2.53. The van der Waals surface area contributed by atoms with Gasteiger partial charge in [-0.2, -0.15) is 4.99 Å². The van der Waals surface area contributed by atoms with Crippen molar-refractivity contribution in [2.45, 2.75) is 50.5 Å². The van der Waals surface area contributed by atoms with Crippen LogP contribution in [0.2, 0.25) is 0 Å². The van der Waals surface area contributed by atoms with Crippen molar-refractivity contribution in [3.05, 3.63) is 35.9 Å². The van der Waals surface area contributed by atoms with Crippen LogP contribution >= 0.6 is 12.4 Å². The number of nitrogens with zero attached hydrogens (tertiary/aromatic N) is 2. The van der Waals surface area contributed by atoms with Crippen LogP contribution in [0, 0.1) is 17.8 Å². The Morgan fingerprint density at radius 3 is 2.12 bits per heavy atom. The van der Waals surface area contributed by atoms with Gasteiger partial charge in [0.1, 0.15) is 0 Å². The second kappa shape index (κ2) is 7.87. The van der Waals surface area contributed by atoms with E-state index in [1.54, 1.807) is 0 Å². The first-order chi connectivity index (χ1) is 12.1. The lowest BCUT2D eigenvalue weighted by Gasteiger charge is -2.57. The van der Waals surface area contributed by atoms with Gasteiger partial charge in [0.2, 0.25) is 5.96 Å². The Hall–Kier alpha value is -1.75. The van der Waals surface area contributed by atoms with E-state index in [0.717, 1.165) is 24.2 Å². The van der Waals surface area contributed by atoms with Gasteiger partial charge in [0.25, 0.3) is 0 Å². The number of nitrogens with one attached hydrogen (secondary N) is 1. The molecule has 5 rings (SSSR count). The first-order valence-electron chi connectivity index (χ1n) is 9.56. The monoisotopic (exact) mass is 375 g/mol. The van der Waals surface area contributed by atoms with E-state index in [0.29, 0.717) is 12.5 Å². The smallest absolute Gasteiger partial charge is 0.221 e. The van der Waals surface area contributed by atoms with E-state index < -0.39 is 0 Å². The van der Waals surface area contributed by atoms with Crippen molar-refractivity contribution in [2.75, 3.05) is 6.54 Å². The molecule has 4 aliphatic carbocycles. The molecule has 0 aromatic heterocycles. The number of guanidine groups is 2. The Morgan fingerprint density at radius 2 is 1.58 bits per heavy atom. The number of halogens is 1. The summed E-state index contributed by atoms with van der Waals surface area (Å²) >= 11 is 0. The van der Waals surface area contributed by atoms with Gasteiger partial charge in [-0.05, 0) is 68.3 Å². The minimum atomic E-state index is 0. The zero-order valence-corrected chi connectivity index (χ0v) is 16.0. The third-order valence-corrected chi connectivity index (χ3v) is 6.16. The minimum absolute atomic E-state index is 0. The Labute approximate surface area is 162 Å². The largest absolute Gasteiger partial charge is 0.370 e. The molecular weight excluding hydrogens is 346 g/mol. The summed E-state index contributed by atoms with van der Waals surface area (Å²) in [5.41, 5.74) is 12.7. The molecule has 0 saturated heterocycles. The maximum atomic E-state index is 5.65. The Morgan fingerprint density at radius 1 is 1.00 bits per heavy atom. The Bertz CT molecular complexity index is 631. The van der Waals surface area contributed by atoms with Gasteiger partial charge in [-0.1, -0.05) is 30.3 Å². The second-order valence-electron chi connectivity index (χ2n) is 8.30. The number of benzene rings is 1. The standard InChI is InChI=1S/C20H29N5.ClH/c21-18(22)24-19(23-7-6-14-4-2-1-3-5-14)25-20-11-15-8-16(12-20)10-17(9-15)13-20;/h1-5,15-17H,6-13H2,(H5,21,22,23,24,25);1H. The molecule has 0 atom stereocenters. The molecule has 6 heteroatoms. The fraction of sp³-hybridized carbons (Fsp3) is 0.600. The SMILES string of the molecule is Cl.NC(N)=NC(=NCCc1ccccc1)NC12CC3CC(CC(C3)C1)C2. The van der Waals surface area contributed by atoms with Crippen molar-refractivity contribution in [1.82, 2.24) is 5.32 Å². The highest BCUT2D eigenvalue weighted by molar-refractivity contribution is 5.93. The van der Waals surface area contributed by atoms with E-state index in [-0.39, 0.29) is 23.9 Å². The van der Waals surface area contributed by atoms with E-state index >= 15 is 0 Å². The number of nitrogens with two attached hydrogens (primary N) is 2. The molecule has 0 aliphatic heterocycles. The van der Waals surface area contributed by atoms with Crippen LogP contribution in [0.5, 0.6) is 0 Å². The highest BCUT2D eigenvalue weighted by Gasteiger charge is 2.51. The zero-order chi connectivity index (χ0) is 17.3. The summed E-state index contributed by atoms with van der Waals surface area (Å²) in [5, 5.41) is 3.68. The molecular formula is C20H30ClN5. The maximum Gasteiger partial charge on any atom is 0.221 e. The van der Waals surface area contributed by atoms with E-state index in [1.807, 2.05) is 6.07 Å².